The van der Waals surface area contributed by atoms with Crippen molar-refractivity contribution in [3.05, 3.63) is 59.2 Å². The second kappa shape index (κ2) is 7.20. The maximum Gasteiger partial charge on any atom is 0.170 e. The van der Waals surface area contributed by atoms with Gasteiger partial charge in [0.1, 0.15) is 28.8 Å². The molecule has 0 radical (unpaired) electrons. The molecule has 1 heterocycles. The molecule has 5 nitrogen and oxygen atoms in total. The molecule has 0 unspecified atom stereocenters. The highest BCUT2D eigenvalue weighted by atomic mass is 35.5. The average molecular weight is 352 g/mol. The summed E-state index contributed by atoms with van der Waals surface area (Å²) in [5, 5.41) is 17.8. The lowest BCUT2D eigenvalue weighted by atomic mass is 9.96. The van der Waals surface area contributed by atoms with Crippen molar-refractivity contribution in [2.24, 2.45) is 0 Å². The van der Waals surface area contributed by atoms with Crippen molar-refractivity contribution < 1.29 is 9.47 Å². The number of hydrogen-bond donors (Lipinski definition) is 0. The molecule has 6 heteroatoms. The summed E-state index contributed by atoms with van der Waals surface area (Å²) < 4.78 is 10.4. The van der Waals surface area contributed by atoms with E-state index in [0.717, 1.165) is 22.6 Å². The SMILES string of the molecule is COc1ccc(-c2nnc(Cl)c(C#N)c2-c2ccc(OC)cc2)cc1. The van der Waals surface area contributed by atoms with E-state index < -0.39 is 0 Å². The van der Waals surface area contributed by atoms with Crippen LogP contribution in [0.25, 0.3) is 22.4 Å². The molecule has 0 amide bonds. The van der Waals surface area contributed by atoms with Crippen LogP contribution >= 0.6 is 11.6 Å². The van der Waals surface area contributed by atoms with Crippen LogP contribution in [-0.2, 0) is 0 Å². The molecular formula is C19H14ClN3O2. The van der Waals surface area contributed by atoms with E-state index in [0.29, 0.717) is 11.3 Å². The van der Waals surface area contributed by atoms with Crippen LogP contribution in [0.2, 0.25) is 5.15 Å². The summed E-state index contributed by atoms with van der Waals surface area (Å²) in [6, 6.07) is 16.9. The van der Waals surface area contributed by atoms with Crippen LogP contribution in [0, 0.1) is 11.3 Å². The minimum atomic E-state index is 0.0746. The fourth-order valence-corrected chi connectivity index (χ4v) is 2.68. The van der Waals surface area contributed by atoms with Crippen molar-refractivity contribution in [2.45, 2.75) is 0 Å². The predicted molar refractivity (Wildman–Crippen MR) is 95.7 cm³/mol. The third kappa shape index (κ3) is 3.25. The second-order valence-electron chi connectivity index (χ2n) is 5.16. The number of benzene rings is 2. The van der Waals surface area contributed by atoms with Crippen molar-refractivity contribution >= 4 is 11.6 Å². The quantitative estimate of drug-likeness (QED) is 0.698. The Morgan fingerprint density at radius 1 is 0.840 bits per heavy atom. The Balaban J connectivity index is 2.22. The van der Waals surface area contributed by atoms with Crippen LogP contribution < -0.4 is 9.47 Å². The van der Waals surface area contributed by atoms with Gasteiger partial charge in [0.2, 0.25) is 0 Å². The van der Waals surface area contributed by atoms with E-state index >= 15 is 0 Å². The highest BCUT2D eigenvalue weighted by Crippen LogP contribution is 2.36. The van der Waals surface area contributed by atoms with Crippen molar-refractivity contribution in [1.82, 2.24) is 10.2 Å². The molecule has 0 aliphatic rings. The largest absolute Gasteiger partial charge is 0.497 e. The molecule has 3 rings (SSSR count). The maximum absolute atomic E-state index is 9.57. The third-order valence-corrected chi connectivity index (χ3v) is 4.05. The van der Waals surface area contributed by atoms with Gasteiger partial charge in [-0.05, 0) is 42.0 Å². The van der Waals surface area contributed by atoms with Crippen molar-refractivity contribution in [1.29, 1.82) is 5.26 Å². The van der Waals surface area contributed by atoms with Gasteiger partial charge in [0, 0.05) is 11.1 Å². The van der Waals surface area contributed by atoms with Gasteiger partial charge in [-0.15, -0.1) is 10.2 Å². The van der Waals surface area contributed by atoms with Crippen molar-refractivity contribution in [3.63, 3.8) is 0 Å². The summed E-state index contributed by atoms with van der Waals surface area (Å²) >= 11 is 6.10. The molecule has 0 N–H and O–H groups in total. The summed E-state index contributed by atoms with van der Waals surface area (Å²) in [5.74, 6) is 1.46. The Bertz CT molecular complexity index is 933. The van der Waals surface area contributed by atoms with Gasteiger partial charge >= 0.3 is 0 Å². The fourth-order valence-electron chi connectivity index (χ4n) is 2.51. The Labute approximate surface area is 150 Å². The van der Waals surface area contributed by atoms with E-state index in [9.17, 15) is 5.26 Å². The Morgan fingerprint density at radius 3 is 1.84 bits per heavy atom. The standard InChI is InChI=1S/C19H14ClN3O2/c1-24-14-7-3-12(4-8-14)17-16(11-21)19(20)23-22-18(17)13-5-9-15(25-2)10-6-13/h3-10H,1-2H3. The predicted octanol–water partition coefficient (Wildman–Crippen LogP) is 4.35. The van der Waals surface area contributed by atoms with Crippen LogP contribution in [0.3, 0.4) is 0 Å². The zero-order valence-corrected chi connectivity index (χ0v) is 14.4. The number of halogens is 1. The molecule has 0 fully saturated rings. The van der Waals surface area contributed by atoms with Gasteiger partial charge in [0.05, 0.1) is 14.2 Å². The molecule has 0 bridgehead atoms. The lowest BCUT2D eigenvalue weighted by molar-refractivity contribution is 0.414. The smallest absolute Gasteiger partial charge is 0.170 e. The van der Waals surface area contributed by atoms with Crippen molar-refractivity contribution in [2.75, 3.05) is 14.2 Å². The van der Waals surface area contributed by atoms with Gasteiger partial charge in [0.15, 0.2) is 5.15 Å². The lowest BCUT2D eigenvalue weighted by Crippen LogP contribution is -1.98. The average Bonchev–Trinajstić information content (AvgIpc) is 2.68. The van der Waals surface area contributed by atoms with E-state index in [2.05, 4.69) is 16.3 Å². The third-order valence-electron chi connectivity index (χ3n) is 3.78. The summed E-state index contributed by atoms with van der Waals surface area (Å²) in [5.41, 5.74) is 3.11. The number of ether oxygens (including phenoxy) is 2. The first-order valence-corrected chi connectivity index (χ1v) is 7.81. The van der Waals surface area contributed by atoms with Crippen LogP contribution in [0.5, 0.6) is 11.5 Å². The molecule has 0 atom stereocenters. The zero-order chi connectivity index (χ0) is 17.8. The maximum atomic E-state index is 9.57. The number of nitrogens with zero attached hydrogens (tertiary/aromatic N) is 3. The van der Waals surface area contributed by atoms with Gasteiger partial charge in [-0.2, -0.15) is 5.26 Å². The molecule has 3 aromatic rings. The highest BCUT2D eigenvalue weighted by molar-refractivity contribution is 6.31. The molecular weight excluding hydrogens is 338 g/mol. The Kier molecular flexibility index (Phi) is 4.82. The molecule has 0 aliphatic carbocycles. The topological polar surface area (TPSA) is 68.0 Å². The monoisotopic (exact) mass is 351 g/mol. The van der Waals surface area contributed by atoms with Gasteiger partial charge < -0.3 is 9.47 Å². The van der Waals surface area contributed by atoms with Crippen LogP contribution in [0.1, 0.15) is 5.56 Å². The minimum Gasteiger partial charge on any atom is -0.497 e. The zero-order valence-electron chi connectivity index (χ0n) is 13.7. The highest BCUT2D eigenvalue weighted by Gasteiger charge is 2.18. The van der Waals surface area contributed by atoms with E-state index in [1.807, 2.05) is 48.5 Å². The summed E-state index contributed by atoms with van der Waals surface area (Å²) in [6.45, 7) is 0. The van der Waals surface area contributed by atoms with Gasteiger partial charge in [-0.25, -0.2) is 0 Å². The minimum absolute atomic E-state index is 0.0746. The van der Waals surface area contributed by atoms with Gasteiger partial charge in [0.25, 0.3) is 0 Å². The van der Waals surface area contributed by atoms with Gasteiger partial charge in [-0.1, -0.05) is 23.7 Å². The molecule has 1 aromatic heterocycles. The number of hydrogen-bond acceptors (Lipinski definition) is 5. The van der Waals surface area contributed by atoms with Gasteiger partial charge in [-0.3, -0.25) is 0 Å². The molecule has 0 spiro atoms. The number of methoxy groups -OCH3 is 2. The second-order valence-corrected chi connectivity index (χ2v) is 5.52. The molecule has 25 heavy (non-hydrogen) atoms. The van der Waals surface area contributed by atoms with E-state index in [1.54, 1.807) is 14.2 Å². The molecule has 0 saturated heterocycles. The lowest BCUT2D eigenvalue weighted by Gasteiger charge is -2.12. The Hall–Kier alpha value is -3.10. The van der Waals surface area contributed by atoms with Crippen molar-refractivity contribution in [3.8, 4) is 40.0 Å². The normalized spacial score (nSPS) is 10.2. The number of nitriles is 1. The fraction of sp³-hybridized carbons (Fsp3) is 0.105. The first-order valence-electron chi connectivity index (χ1n) is 7.43. The van der Waals surface area contributed by atoms with E-state index in [4.69, 9.17) is 21.1 Å². The number of aromatic nitrogens is 2. The Morgan fingerprint density at radius 2 is 1.36 bits per heavy atom. The summed E-state index contributed by atoms with van der Waals surface area (Å²) in [7, 11) is 3.21. The van der Waals surface area contributed by atoms with Crippen LogP contribution in [-0.4, -0.2) is 24.4 Å². The summed E-state index contributed by atoms with van der Waals surface area (Å²) in [4.78, 5) is 0. The van der Waals surface area contributed by atoms with E-state index in [-0.39, 0.29) is 10.7 Å². The number of rotatable bonds is 4. The first-order chi connectivity index (χ1) is 12.2. The first kappa shape index (κ1) is 16.7. The molecule has 0 saturated carbocycles. The van der Waals surface area contributed by atoms with Crippen LogP contribution in [0.4, 0.5) is 0 Å². The van der Waals surface area contributed by atoms with Crippen LogP contribution in [0.15, 0.2) is 48.5 Å². The molecule has 0 aliphatic heterocycles. The van der Waals surface area contributed by atoms with E-state index in [1.165, 1.54) is 0 Å². The molecule has 124 valence electrons. The molecule has 2 aromatic carbocycles. The summed E-state index contributed by atoms with van der Waals surface area (Å²) in [6.07, 6.45) is 0.